The third kappa shape index (κ3) is 9.81. The number of unbranched alkanes of at least 4 members (excludes halogenated alkanes) is 8. The monoisotopic (exact) mass is 340 g/mol. The number of hydrogen-bond donors (Lipinski definition) is 0. The highest BCUT2D eigenvalue weighted by atomic mass is 16.5. The molecule has 0 saturated heterocycles. The van der Waals surface area contributed by atoms with E-state index in [9.17, 15) is 0 Å². The van der Waals surface area contributed by atoms with Crippen molar-refractivity contribution in [3.8, 4) is 11.5 Å². The zero-order valence-electron chi connectivity index (χ0n) is 15.4. The van der Waals surface area contributed by atoms with Crippen molar-refractivity contribution in [1.82, 2.24) is 0 Å². The van der Waals surface area contributed by atoms with Crippen molar-refractivity contribution in [2.45, 2.75) is 57.8 Å². The molecule has 2 nitrogen and oxygen atoms in total. The predicted molar refractivity (Wildman–Crippen MR) is 105 cm³/mol. The van der Waals surface area contributed by atoms with Gasteiger partial charge in [-0.25, -0.2) is 0 Å². The Hall–Kier alpha value is -1.96. The average molecular weight is 341 g/mol. The minimum absolute atomic E-state index is 0.839. The Morgan fingerprint density at radius 3 is 1.08 bits per heavy atom. The molecule has 0 saturated carbocycles. The second kappa shape index (κ2) is 13.3. The van der Waals surface area contributed by atoms with Gasteiger partial charge in [0, 0.05) is 0 Å². The molecule has 0 spiro atoms. The van der Waals surface area contributed by atoms with E-state index in [0.29, 0.717) is 0 Å². The van der Waals surface area contributed by atoms with E-state index in [0.717, 1.165) is 37.6 Å². The Morgan fingerprint density at radius 2 is 0.720 bits per heavy atom. The van der Waals surface area contributed by atoms with E-state index in [1.807, 2.05) is 60.7 Å². The molecule has 25 heavy (non-hydrogen) atoms. The maximum atomic E-state index is 5.71. The number of rotatable bonds is 14. The first kappa shape index (κ1) is 19.4. The van der Waals surface area contributed by atoms with Crippen molar-refractivity contribution in [3.05, 3.63) is 60.7 Å². The van der Waals surface area contributed by atoms with Crippen LogP contribution in [0.4, 0.5) is 0 Å². The zero-order chi connectivity index (χ0) is 17.4. The first-order valence-electron chi connectivity index (χ1n) is 9.81. The first-order chi connectivity index (χ1) is 12.4. The molecule has 0 fully saturated rings. The highest BCUT2D eigenvalue weighted by Crippen LogP contribution is 2.13. The Balaban J connectivity index is 1.30. The number of ether oxygens (including phenoxy) is 2. The fraction of sp³-hybridized carbons (Fsp3) is 0.478. The van der Waals surface area contributed by atoms with Crippen LogP contribution < -0.4 is 9.47 Å². The third-order valence-corrected chi connectivity index (χ3v) is 4.31. The maximum Gasteiger partial charge on any atom is 0.119 e. The number of benzene rings is 2. The molecule has 136 valence electrons. The Morgan fingerprint density at radius 1 is 0.400 bits per heavy atom. The summed E-state index contributed by atoms with van der Waals surface area (Å²) in [6.07, 6.45) is 11.6. The lowest BCUT2D eigenvalue weighted by molar-refractivity contribution is 0.302. The molecule has 0 aliphatic rings. The van der Waals surface area contributed by atoms with Gasteiger partial charge >= 0.3 is 0 Å². The summed E-state index contributed by atoms with van der Waals surface area (Å²) in [7, 11) is 0. The van der Waals surface area contributed by atoms with Crippen LogP contribution in [0.3, 0.4) is 0 Å². The van der Waals surface area contributed by atoms with E-state index in [1.54, 1.807) is 0 Å². The molecule has 0 heterocycles. The normalized spacial score (nSPS) is 10.6. The van der Waals surface area contributed by atoms with Crippen LogP contribution in [0.15, 0.2) is 60.7 Å². The molecule has 2 heteroatoms. The van der Waals surface area contributed by atoms with Crippen LogP contribution in [-0.2, 0) is 0 Å². The summed E-state index contributed by atoms with van der Waals surface area (Å²) in [6.45, 7) is 1.68. The van der Waals surface area contributed by atoms with Crippen LogP contribution in [-0.4, -0.2) is 13.2 Å². The zero-order valence-corrected chi connectivity index (χ0v) is 15.4. The minimum atomic E-state index is 0.839. The second-order valence-electron chi connectivity index (χ2n) is 6.51. The SMILES string of the molecule is c1ccc(OCCCCCCCCCCCOc2ccccc2)cc1. The van der Waals surface area contributed by atoms with Crippen molar-refractivity contribution >= 4 is 0 Å². The van der Waals surface area contributed by atoms with Crippen molar-refractivity contribution in [1.29, 1.82) is 0 Å². The van der Waals surface area contributed by atoms with E-state index < -0.39 is 0 Å². The summed E-state index contributed by atoms with van der Waals surface area (Å²) in [4.78, 5) is 0. The topological polar surface area (TPSA) is 18.5 Å². The van der Waals surface area contributed by atoms with Gasteiger partial charge in [-0.3, -0.25) is 0 Å². The molecule has 2 rings (SSSR count). The molecule has 0 aliphatic heterocycles. The van der Waals surface area contributed by atoms with Crippen LogP contribution in [0.5, 0.6) is 11.5 Å². The molecule has 0 radical (unpaired) electrons. The fourth-order valence-electron chi connectivity index (χ4n) is 2.86. The van der Waals surface area contributed by atoms with Crippen LogP contribution in [0.25, 0.3) is 0 Å². The van der Waals surface area contributed by atoms with Gasteiger partial charge < -0.3 is 9.47 Å². The quantitative estimate of drug-likeness (QED) is 0.358. The van der Waals surface area contributed by atoms with Gasteiger partial charge in [-0.15, -0.1) is 0 Å². The van der Waals surface area contributed by atoms with Gasteiger partial charge in [0.1, 0.15) is 11.5 Å². The summed E-state index contributed by atoms with van der Waals surface area (Å²) in [5.41, 5.74) is 0. The second-order valence-corrected chi connectivity index (χ2v) is 6.51. The Labute approximate surface area is 153 Å². The Bertz CT molecular complexity index is 475. The van der Waals surface area contributed by atoms with Crippen LogP contribution in [0.1, 0.15) is 57.8 Å². The van der Waals surface area contributed by atoms with E-state index >= 15 is 0 Å². The summed E-state index contributed by atoms with van der Waals surface area (Å²) in [6, 6.07) is 20.2. The highest BCUT2D eigenvalue weighted by Gasteiger charge is 1.95. The lowest BCUT2D eigenvalue weighted by Crippen LogP contribution is -1.97. The highest BCUT2D eigenvalue weighted by molar-refractivity contribution is 5.21. The summed E-state index contributed by atoms with van der Waals surface area (Å²) in [5.74, 6) is 1.97. The lowest BCUT2D eigenvalue weighted by Gasteiger charge is -2.06. The van der Waals surface area contributed by atoms with Gasteiger partial charge in [-0.1, -0.05) is 81.3 Å². The van der Waals surface area contributed by atoms with Gasteiger partial charge in [-0.05, 0) is 37.1 Å². The molecule has 0 amide bonds. The molecule has 0 aliphatic carbocycles. The van der Waals surface area contributed by atoms with Crippen LogP contribution in [0, 0.1) is 0 Å². The van der Waals surface area contributed by atoms with Crippen molar-refractivity contribution < 1.29 is 9.47 Å². The first-order valence-corrected chi connectivity index (χ1v) is 9.81. The van der Waals surface area contributed by atoms with Gasteiger partial charge in [-0.2, -0.15) is 0 Å². The van der Waals surface area contributed by atoms with E-state index in [1.165, 1.54) is 44.9 Å². The summed E-state index contributed by atoms with van der Waals surface area (Å²) in [5, 5.41) is 0. The smallest absolute Gasteiger partial charge is 0.119 e. The number of hydrogen-bond acceptors (Lipinski definition) is 2. The average Bonchev–Trinajstić information content (AvgIpc) is 2.67. The molecule has 0 N–H and O–H groups in total. The Kier molecular flexibility index (Phi) is 10.3. The summed E-state index contributed by atoms with van der Waals surface area (Å²) >= 11 is 0. The van der Waals surface area contributed by atoms with Crippen molar-refractivity contribution in [2.75, 3.05) is 13.2 Å². The fourth-order valence-corrected chi connectivity index (χ4v) is 2.86. The van der Waals surface area contributed by atoms with Gasteiger partial charge in [0.2, 0.25) is 0 Å². The minimum Gasteiger partial charge on any atom is -0.494 e. The molecular weight excluding hydrogens is 308 g/mol. The van der Waals surface area contributed by atoms with E-state index in [-0.39, 0.29) is 0 Å². The predicted octanol–water partition coefficient (Wildman–Crippen LogP) is 6.66. The molecule has 0 atom stereocenters. The number of para-hydroxylation sites is 2. The largest absolute Gasteiger partial charge is 0.494 e. The van der Waals surface area contributed by atoms with Gasteiger partial charge in [0.15, 0.2) is 0 Å². The van der Waals surface area contributed by atoms with Crippen LogP contribution >= 0.6 is 0 Å². The molecule has 2 aromatic rings. The molecule has 0 unspecified atom stereocenters. The van der Waals surface area contributed by atoms with Crippen LogP contribution in [0.2, 0.25) is 0 Å². The van der Waals surface area contributed by atoms with Gasteiger partial charge in [0.05, 0.1) is 13.2 Å². The molecule has 0 bridgehead atoms. The third-order valence-electron chi connectivity index (χ3n) is 4.31. The van der Waals surface area contributed by atoms with E-state index in [4.69, 9.17) is 9.47 Å². The van der Waals surface area contributed by atoms with Gasteiger partial charge in [0.25, 0.3) is 0 Å². The van der Waals surface area contributed by atoms with E-state index in [2.05, 4.69) is 0 Å². The standard InChI is InChI=1S/C23H32O2/c1(2-4-6-14-20-24-22-16-10-8-11-17-22)3-5-7-15-21-25-23-18-12-9-13-19-23/h8-13,16-19H,1-7,14-15,20-21H2. The molecule has 2 aromatic carbocycles. The molecule has 0 aromatic heterocycles. The van der Waals surface area contributed by atoms with Crippen molar-refractivity contribution in [2.24, 2.45) is 0 Å². The summed E-state index contributed by atoms with van der Waals surface area (Å²) < 4.78 is 11.4. The maximum absolute atomic E-state index is 5.71. The lowest BCUT2D eigenvalue weighted by atomic mass is 10.1. The molecular formula is C23H32O2. The van der Waals surface area contributed by atoms with Crippen molar-refractivity contribution in [3.63, 3.8) is 0 Å².